The van der Waals surface area contributed by atoms with Crippen LogP contribution in [0.2, 0.25) is 0 Å². The van der Waals surface area contributed by atoms with Crippen molar-refractivity contribution in [1.82, 2.24) is 4.98 Å². The molecule has 0 aliphatic carbocycles. The molecule has 0 aliphatic heterocycles. The third-order valence-electron chi connectivity index (χ3n) is 10.8. The van der Waals surface area contributed by atoms with Gasteiger partial charge < -0.3 is 9.52 Å². The van der Waals surface area contributed by atoms with Crippen molar-refractivity contribution >= 4 is 27.5 Å². The van der Waals surface area contributed by atoms with E-state index in [0.717, 1.165) is 71.0 Å². The molecule has 0 atom stereocenters. The zero-order valence-corrected chi connectivity index (χ0v) is 36.0. The van der Waals surface area contributed by atoms with Crippen molar-refractivity contribution < 1.29 is 34.4 Å². The van der Waals surface area contributed by atoms with Gasteiger partial charge in [-0.25, -0.2) is 0 Å². The predicted octanol–water partition coefficient (Wildman–Crippen LogP) is 13.6. The van der Waals surface area contributed by atoms with E-state index in [-0.39, 0.29) is 53.3 Å². The SMILES string of the molecule is CC(C)(C)Cc1ccc2cc(-c3ccnc(-c4[c-]c5ccccc5c(C(C)(C)C)c4)c3)oc2c1.CCC(C)(CC)C(=O)/C=C(\O)C(C)(CC)CC.[Ir]. The first kappa shape index (κ1) is 42.9. The van der Waals surface area contributed by atoms with Crippen LogP contribution in [0.4, 0.5) is 0 Å². The van der Waals surface area contributed by atoms with Gasteiger partial charge in [0.2, 0.25) is 0 Å². The van der Waals surface area contributed by atoms with Crippen molar-refractivity contribution in [3.8, 4) is 22.6 Å². The van der Waals surface area contributed by atoms with E-state index in [2.05, 4.69) is 108 Å². The number of pyridine rings is 1. The second kappa shape index (κ2) is 17.1. The quantitative estimate of drug-likeness (QED) is 0.0862. The Bertz CT molecular complexity index is 2000. The van der Waals surface area contributed by atoms with E-state index in [1.807, 2.05) is 53.8 Å². The third kappa shape index (κ3) is 10.1. The molecule has 0 saturated carbocycles. The topological polar surface area (TPSA) is 63.3 Å². The maximum Gasteiger partial charge on any atom is 0.164 e. The van der Waals surface area contributed by atoms with Gasteiger partial charge in [0, 0.05) is 59.9 Å². The summed E-state index contributed by atoms with van der Waals surface area (Å²) in [7, 11) is 0. The van der Waals surface area contributed by atoms with Crippen LogP contribution in [0, 0.1) is 22.3 Å². The molecule has 281 valence electrons. The number of benzene rings is 3. The standard InChI is InChI=1S/C32H32NO.C15H28O2.Ir/c1-31(2,3)20-21-11-12-23-19-30(34-29(23)15-21)24-13-14-33-28(18-24)25-16-22-9-7-8-10-26(22)27(17-25)32(4,5)6;1-7-14(5,8-2)12(16)11-13(17)15(6,9-3)10-4;/h7-15,17-19H,20H2,1-6H3;11,16H,7-10H2,1-6H3;/q-1;;/b;12-11-;. The second-order valence-electron chi connectivity index (χ2n) is 17.0. The van der Waals surface area contributed by atoms with Crippen LogP contribution in [0.25, 0.3) is 44.3 Å². The fraction of sp³-hybridized carbons (Fsp3) is 0.447. The van der Waals surface area contributed by atoms with Crippen molar-refractivity contribution in [1.29, 1.82) is 0 Å². The van der Waals surface area contributed by atoms with Gasteiger partial charge in [-0.3, -0.25) is 9.78 Å². The molecular formula is C47H60IrNO3-. The number of carbonyl (C=O) groups excluding carboxylic acids is 1. The fourth-order valence-corrected chi connectivity index (χ4v) is 6.34. The van der Waals surface area contributed by atoms with Crippen molar-refractivity contribution in [3.05, 3.63) is 102 Å². The molecule has 1 radical (unpaired) electrons. The van der Waals surface area contributed by atoms with E-state index >= 15 is 0 Å². The summed E-state index contributed by atoms with van der Waals surface area (Å²) >= 11 is 0. The average Bonchev–Trinajstić information content (AvgIpc) is 3.53. The minimum atomic E-state index is -0.337. The third-order valence-corrected chi connectivity index (χ3v) is 10.8. The van der Waals surface area contributed by atoms with E-state index in [1.165, 1.54) is 22.6 Å². The molecule has 0 unspecified atom stereocenters. The zero-order valence-electron chi connectivity index (χ0n) is 33.6. The molecule has 0 spiro atoms. The van der Waals surface area contributed by atoms with Gasteiger partial charge in [-0.2, -0.15) is 0 Å². The van der Waals surface area contributed by atoms with Crippen molar-refractivity contribution in [3.63, 3.8) is 0 Å². The second-order valence-corrected chi connectivity index (χ2v) is 17.0. The van der Waals surface area contributed by atoms with Gasteiger partial charge in [0.1, 0.15) is 17.1 Å². The van der Waals surface area contributed by atoms with Crippen LogP contribution in [-0.2, 0) is 36.7 Å². The van der Waals surface area contributed by atoms with Crippen LogP contribution >= 0.6 is 0 Å². The maximum atomic E-state index is 12.2. The van der Waals surface area contributed by atoms with E-state index in [1.54, 1.807) is 0 Å². The predicted molar refractivity (Wildman–Crippen MR) is 216 cm³/mol. The molecule has 52 heavy (non-hydrogen) atoms. The summed E-state index contributed by atoms with van der Waals surface area (Å²) in [6.07, 6.45) is 7.64. The fourth-order valence-electron chi connectivity index (χ4n) is 6.34. The smallest absolute Gasteiger partial charge is 0.164 e. The van der Waals surface area contributed by atoms with Crippen LogP contribution in [0.5, 0.6) is 0 Å². The molecule has 4 nitrogen and oxygen atoms in total. The Kier molecular flexibility index (Phi) is 14.1. The molecule has 5 rings (SSSR count). The van der Waals surface area contributed by atoms with E-state index in [9.17, 15) is 9.90 Å². The molecule has 0 amide bonds. The molecule has 2 aromatic heterocycles. The Morgan fingerprint density at radius 1 is 0.808 bits per heavy atom. The Balaban J connectivity index is 0.000000347. The number of rotatable bonds is 10. The molecule has 5 aromatic rings. The summed E-state index contributed by atoms with van der Waals surface area (Å²) in [4.78, 5) is 16.9. The van der Waals surface area contributed by atoms with Gasteiger partial charge in [0.05, 0.1) is 0 Å². The van der Waals surface area contributed by atoms with Crippen molar-refractivity contribution in [2.75, 3.05) is 0 Å². The van der Waals surface area contributed by atoms with Gasteiger partial charge in [0.15, 0.2) is 5.78 Å². The van der Waals surface area contributed by atoms with Crippen LogP contribution in [0.1, 0.15) is 120 Å². The number of aromatic nitrogens is 1. The molecule has 0 bridgehead atoms. The number of nitrogens with zero attached hydrogens (tertiary/aromatic N) is 1. The largest absolute Gasteiger partial charge is 0.512 e. The van der Waals surface area contributed by atoms with Gasteiger partial charge in [0.25, 0.3) is 0 Å². The molecule has 0 fully saturated rings. The number of carbonyl (C=O) groups is 1. The Hall–Kier alpha value is -3.53. The van der Waals surface area contributed by atoms with Crippen LogP contribution in [0.3, 0.4) is 0 Å². The molecule has 0 aliphatic rings. The van der Waals surface area contributed by atoms with Crippen molar-refractivity contribution in [2.24, 2.45) is 16.2 Å². The van der Waals surface area contributed by atoms with Crippen LogP contribution < -0.4 is 0 Å². The number of hydrogen-bond acceptors (Lipinski definition) is 4. The van der Waals surface area contributed by atoms with Gasteiger partial charge in [-0.05, 0) is 66.7 Å². The molecule has 1 N–H and O–H groups in total. The molecule has 5 heteroatoms. The summed E-state index contributed by atoms with van der Waals surface area (Å²) in [6, 6.07) is 27.1. The minimum absolute atomic E-state index is 0. The molecule has 0 saturated heterocycles. The molecular weight excluding hydrogens is 819 g/mol. The number of furan rings is 1. The van der Waals surface area contributed by atoms with E-state index in [4.69, 9.17) is 9.40 Å². The van der Waals surface area contributed by atoms with Crippen molar-refractivity contribution in [2.45, 2.75) is 121 Å². The zero-order chi connectivity index (χ0) is 37.8. The Morgan fingerprint density at radius 3 is 2.04 bits per heavy atom. The Labute approximate surface area is 326 Å². The monoisotopic (exact) mass is 879 g/mol. The van der Waals surface area contributed by atoms with E-state index in [0.29, 0.717) is 0 Å². The van der Waals surface area contributed by atoms with Crippen LogP contribution in [-0.4, -0.2) is 15.9 Å². The summed E-state index contributed by atoms with van der Waals surface area (Å²) in [6.45, 7) is 25.6. The van der Waals surface area contributed by atoms with E-state index < -0.39 is 0 Å². The number of allylic oxidation sites excluding steroid dienone is 2. The van der Waals surface area contributed by atoms with Gasteiger partial charge in [-0.1, -0.05) is 130 Å². The number of fused-ring (bicyclic) bond motifs is 2. The number of aliphatic hydroxyl groups is 1. The van der Waals surface area contributed by atoms with Gasteiger partial charge in [-0.15, -0.1) is 29.1 Å². The minimum Gasteiger partial charge on any atom is -0.512 e. The first-order valence-electron chi connectivity index (χ1n) is 18.8. The first-order valence-corrected chi connectivity index (χ1v) is 18.8. The summed E-state index contributed by atoms with van der Waals surface area (Å²) in [5.74, 6) is 1.15. The number of aliphatic hydroxyl groups excluding tert-OH is 1. The normalized spacial score (nSPS) is 12.7. The first-order chi connectivity index (χ1) is 23.9. The number of ketones is 1. The molecule has 2 heterocycles. The van der Waals surface area contributed by atoms with Gasteiger partial charge >= 0.3 is 0 Å². The summed E-state index contributed by atoms with van der Waals surface area (Å²) in [5, 5.41) is 13.6. The maximum absolute atomic E-state index is 12.2. The summed E-state index contributed by atoms with van der Waals surface area (Å²) < 4.78 is 6.31. The summed E-state index contributed by atoms with van der Waals surface area (Å²) in [5.41, 5.74) is 6.14. The Morgan fingerprint density at radius 2 is 1.44 bits per heavy atom. The van der Waals surface area contributed by atoms with Crippen LogP contribution in [0.15, 0.2) is 89.2 Å². The average molecular weight is 879 g/mol. The number of hydrogen-bond donors (Lipinski definition) is 1. The molecule has 3 aromatic carbocycles.